The zero-order valence-electron chi connectivity index (χ0n) is 20.3. The smallest absolute Gasteiger partial charge is 0.276 e. The van der Waals surface area contributed by atoms with Gasteiger partial charge in [0.25, 0.3) is 5.69 Å². The Morgan fingerprint density at radius 2 is 1.53 bits per heavy atom. The van der Waals surface area contributed by atoms with Crippen LogP contribution in [0.1, 0.15) is 16.7 Å². The van der Waals surface area contributed by atoms with Crippen molar-refractivity contribution in [1.82, 2.24) is 0 Å². The van der Waals surface area contributed by atoms with E-state index in [0.29, 0.717) is 39.8 Å². The van der Waals surface area contributed by atoms with Crippen LogP contribution in [-0.4, -0.2) is 39.3 Å². The number of nitrogens with zero attached hydrogens (tertiary/aromatic N) is 1. The molecule has 9 nitrogen and oxygen atoms in total. The third kappa shape index (κ3) is 6.20. The molecule has 0 unspecified atom stereocenters. The first-order chi connectivity index (χ1) is 17.4. The summed E-state index contributed by atoms with van der Waals surface area (Å²) in [5.41, 5.74) is 2.23. The highest BCUT2D eigenvalue weighted by Crippen LogP contribution is 2.38. The molecule has 0 atom stereocenters. The van der Waals surface area contributed by atoms with Gasteiger partial charge in [-0.3, -0.25) is 14.9 Å². The molecule has 0 bridgehead atoms. The second-order valence-electron chi connectivity index (χ2n) is 7.38. The summed E-state index contributed by atoms with van der Waals surface area (Å²) < 4.78 is 21.5. The normalized spacial score (nSPS) is 10.9. The van der Waals surface area contributed by atoms with Gasteiger partial charge in [0, 0.05) is 18.2 Å². The van der Waals surface area contributed by atoms with E-state index in [2.05, 4.69) is 5.32 Å². The van der Waals surface area contributed by atoms with Crippen LogP contribution in [0, 0.1) is 10.1 Å². The SMILES string of the molecule is COc1ccc(C=Cc2cc(OC)c(OC)c(OC)c2)c(NC(=O)/C=C/c2ccccc2[N+](=O)[O-])c1. The molecule has 0 saturated carbocycles. The van der Waals surface area contributed by atoms with Gasteiger partial charge in [0.1, 0.15) is 5.75 Å². The number of anilines is 1. The van der Waals surface area contributed by atoms with Crippen molar-refractivity contribution >= 4 is 35.5 Å². The van der Waals surface area contributed by atoms with Gasteiger partial charge in [-0.2, -0.15) is 0 Å². The zero-order chi connectivity index (χ0) is 26.1. The van der Waals surface area contributed by atoms with E-state index in [4.69, 9.17) is 18.9 Å². The molecule has 0 aliphatic rings. The molecule has 0 aromatic heterocycles. The predicted octanol–water partition coefficient (Wildman–Crippen LogP) is 5.45. The fourth-order valence-corrected chi connectivity index (χ4v) is 3.43. The van der Waals surface area contributed by atoms with E-state index in [-0.39, 0.29) is 5.69 Å². The van der Waals surface area contributed by atoms with Crippen LogP contribution in [0.3, 0.4) is 0 Å². The minimum atomic E-state index is -0.494. The standard InChI is InChI=1S/C27H26N2O7/c1-33-21-13-11-19(10-9-18-15-24(34-2)27(36-4)25(16-18)35-3)22(17-21)28-26(30)14-12-20-7-5-6-8-23(20)29(31)32/h5-17H,1-4H3,(H,28,30)/b10-9?,14-12+. The lowest BCUT2D eigenvalue weighted by Crippen LogP contribution is -2.09. The lowest BCUT2D eigenvalue weighted by molar-refractivity contribution is -0.385. The van der Waals surface area contributed by atoms with Crippen molar-refractivity contribution in [2.75, 3.05) is 33.8 Å². The first-order valence-corrected chi connectivity index (χ1v) is 10.8. The molecular weight excluding hydrogens is 464 g/mol. The number of methoxy groups -OCH3 is 4. The van der Waals surface area contributed by atoms with Gasteiger partial charge in [-0.25, -0.2) is 0 Å². The lowest BCUT2D eigenvalue weighted by atomic mass is 10.1. The molecule has 0 radical (unpaired) electrons. The Labute approximate surface area is 208 Å². The van der Waals surface area contributed by atoms with Gasteiger partial charge in [-0.1, -0.05) is 24.3 Å². The molecule has 1 N–H and O–H groups in total. The minimum Gasteiger partial charge on any atom is -0.497 e. The number of nitro groups is 1. The quantitative estimate of drug-likeness (QED) is 0.174. The van der Waals surface area contributed by atoms with E-state index in [9.17, 15) is 14.9 Å². The van der Waals surface area contributed by atoms with Crippen LogP contribution in [0.5, 0.6) is 23.0 Å². The van der Waals surface area contributed by atoms with Crippen LogP contribution in [0.15, 0.2) is 60.7 Å². The van der Waals surface area contributed by atoms with Crippen molar-refractivity contribution in [2.45, 2.75) is 0 Å². The molecule has 3 aromatic rings. The van der Waals surface area contributed by atoms with E-state index >= 15 is 0 Å². The Morgan fingerprint density at radius 3 is 2.14 bits per heavy atom. The fourth-order valence-electron chi connectivity index (χ4n) is 3.43. The number of hydrogen-bond acceptors (Lipinski definition) is 7. The van der Waals surface area contributed by atoms with E-state index in [0.717, 1.165) is 5.56 Å². The third-order valence-electron chi connectivity index (χ3n) is 5.21. The number of carbonyl (C=O) groups excluding carboxylic acids is 1. The van der Waals surface area contributed by atoms with Crippen molar-refractivity contribution in [1.29, 1.82) is 0 Å². The number of ether oxygens (including phenoxy) is 4. The maximum absolute atomic E-state index is 12.7. The van der Waals surface area contributed by atoms with Crippen molar-refractivity contribution in [3.05, 3.63) is 87.5 Å². The highest BCUT2D eigenvalue weighted by atomic mass is 16.6. The molecule has 36 heavy (non-hydrogen) atoms. The van der Waals surface area contributed by atoms with Crippen LogP contribution in [0.4, 0.5) is 11.4 Å². The van der Waals surface area contributed by atoms with Crippen molar-refractivity contribution in [3.8, 4) is 23.0 Å². The minimum absolute atomic E-state index is 0.0862. The van der Waals surface area contributed by atoms with Gasteiger partial charge in [-0.15, -0.1) is 0 Å². The average Bonchev–Trinajstić information content (AvgIpc) is 2.90. The van der Waals surface area contributed by atoms with Crippen LogP contribution >= 0.6 is 0 Å². The Balaban J connectivity index is 1.89. The first-order valence-electron chi connectivity index (χ1n) is 10.8. The molecule has 9 heteroatoms. The summed E-state index contributed by atoms with van der Waals surface area (Å²) >= 11 is 0. The third-order valence-corrected chi connectivity index (χ3v) is 5.21. The summed E-state index contributed by atoms with van der Waals surface area (Å²) in [6.07, 6.45) is 6.31. The first kappa shape index (κ1) is 25.8. The largest absolute Gasteiger partial charge is 0.497 e. The van der Waals surface area contributed by atoms with Gasteiger partial charge >= 0.3 is 0 Å². The molecule has 0 aliphatic carbocycles. The fraction of sp³-hybridized carbons (Fsp3) is 0.148. The lowest BCUT2D eigenvalue weighted by Gasteiger charge is -2.13. The Bertz CT molecular complexity index is 1290. The van der Waals surface area contributed by atoms with Crippen LogP contribution < -0.4 is 24.3 Å². The highest BCUT2D eigenvalue weighted by Gasteiger charge is 2.13. The van der Waals surface area contributed by atoms with Gasteiger partial charge in [-0.05, 0) is 47.5 Å². The molecule has 0 heterocycles. The summed E-state index contributed by atoms with van der Waals surface area (Å²) in [6, 6.07) is 15.0. The van der Waals surface area contributed by atoms with Crippen LogP contribution in [0.25, 0.3) is 18.2 Å². The topological polar surface area (TPSA) is 109 Å². The number of nitro benzene ring substituents is 1. The molecule has 3 aromatic carbocycles. The van der Waals surface area contributed by atoms with Gasteiger partial charge in [0.15, 0.2) is 11.5 Å². The second kappa shape index (κ2) is 12.1. The van der Waals surface area contributed by atoms with E-state index < -0.39 is 10.8 Å². The molecule has 186 valence electrons. The predicted molar refractivity (Wildman–Crippen MR) is 139 cm³/mol. The molecular formula is C27H26N2O7. The molecule has 3 rings (SSSR count). The van der Waals surface area contributed by atoms with E-state index in [1.807, 2.05) is 12.2 Å². The van der Waals surface area contributed by atoms with E-state index in [1.165, 1.54) is 32.4 Å². The molecule has 1 amide bonds. The molecule has 0 aliphatic heterocycles. The number of hydrogen-bond donors (Lipinski definition) is 1. The summed E-state index contributed by atoms with van der Waals surface area (Å²) in [4.78, 5) is 23.4. The van der Waals surface area contributed by atoms with E-state index in [1.54, 1.807) is 62.8 Å². The van der Waals surface area contributed by atoms with Gasteiger partial charge in [0.2, 0.25) is 11.7 Å². The number of carbonyl (C=O) groups is 1. The maximum atomic E-state index is 12.7. The number of benzene rings is 3. The average molecular weight is 491 g/mol. The number of rotatable bonds is 10. The summed E-state index contributed by atoms with van der Waals surface area (Å²) in [7, 11) is 6.15. The van der Waals surface area contributed by atoms with Crippen molar-refractivity contribution in [3.63, 3.8) is 0 Å². The number of nitrogens with one attached hydrogen (secondary N) is 1. The molecule has 0 fully saturated rings. The maximum Gasteiger partial charge on any atom is 0.276 e. The Hall–Kier alpha value is -4.79. The monoisotopic (exact) mass is 490 g/mol. The Kier molecular flexibility index (Phi) is 8.66. The van der Waals surface area contributed by atoms with Crippen molar-refractivity contribution in [2.24, 2.45) is 0 Å². The molecule has 0 saturated heterocycles. The van der Waals surface area contributed by atoms with Crippen LogP contribution in [0.2, 0.25) is 0 Å². The summed E-state index contributed by atoms with van der Waals surface area (Å²) in [5, 5.41) is 14.0. The Morgan fingerprint density at radius 1 is 0.833 bits per heavy atom. The highest BCUT2D eigenvalue weighted by molar-refractivity contribution is 6.03. The van der Waals surface area contributed by atoms with Gasteiger partial charge < -0.3 is 24.3 Å². The van der Waals surface area contributed by atoms with Crippen molar-refractivity contribution < 1.29 is 28.7 Å². The second-order valence-corrected chi connectivity index (χ2v) is 7.38. The molecule has 0 spiro atoms. The zero-order valence-corrected chi connectivity index (χ0v) is 20.3. The number of para-hydroxylation sites is 1. The number of amides is 1. The summed E-state index contributed by atoms with van der Waals surface area (Å²) in [5.74, 6) is 1.61. The van der Waals surface area contributed by atoms with Crippen LogP contribution in [-0.2, 0) is 4.79 Å². The summed E-state index contributed by atoms with van der Waals surface area (Å²) in [6.45, 7) is 0. The van der Waals surface area contributed by atoms with Gasteiger partial charge in [0.05, 0.1) is 44.6 Å².